The molecule has 1 atom stereocenters. The Hall–Kier alpha value is -2.60. The molecule has 0 N–H and O–H groups in total. The molecule has 22 heavy (non-hydrogen) atoms. The second kappa shape index (κ2) is 5.31. The molecule has 1 amide bonds. The summed E-state index contributed by atoms with van der Waals surface area (Å²) in [5.74, 6) is 0.105. The van der Waals surface area contributed by atoms with Gasteiger partial charge in [-0.2, -0.15) is 5.26 Å². The number of nitriles is 1. The number of hydrogen-bond acceptors (Lipinski definition) is 2. The smallest absolute Gasteiger partial charge is 0.237 e. The van der Waals surface area contributed by atoms with Crippen molar-refractivity contribution < 1.29 is 4.79 Å². The van der Waals surface area contributed by atoms with Crippen molar-refractivity contribution in [3.8, 4) is 6.07 Å². The van der Waals surface area contributed by atoms with Crippen LogP contribution in [0.25, 0.3) is 0 Å². The molecule has 110 valence electrons. The first-order valence-corrected chi connectivity index (χ1v) is 7.43. The molecule has 1 aliphatic heterocycles. The van der Waals surface area contributed by atoms with Crippen LogP contribution < -0.4 is 4.90 Å². The Labute approximate surface area is 130 Å². The lowest BCUT2D eigenvalue weighted by Crippen LogP contribution is -2.36. The van der Waals surface area contributed by atoms with E-state index in [4.69, 9.17) is 5.26 Å². The van der Waals surface area contributed by atoms with Crippen molar-refractivity contribution in [3.63, 3.8) is 0 Å². The van der Waals surface area contributed by atoms with Gasteiger partial charge >= 0.3 is 0 Å². The van der Waals surface area contributed by atoms with Crippen LogP contribution in [0.15, 0.2) is 48.5 Å². The number of carbonyl (C=O) groups excluding carboxylic acids is 1. The third-order valence-corrected chi connectivity index (χ3v) is 4.61. The highest BCUT2D eigenvalue weighted by Crippen LogP contribution is 2.44. The minimum Gasteiger partial charge on any atom is -0.314 e. The van der Waals surface area contributed by atoms with Crippen LogP contribution in [-0.4, -0.2) is 13.0 Å². The molecule has 0 radical (unpaired) electrons. The third-order valence-electron chi connectivity index (χ3n) is 4.61. The summed E-state index contributed by atoms with van der Waals surface area (Å²) >= 11 is 0. The summed E-state index contributed by atoms with van der Waals surface area (Å²) < 4.78 is 0. The Bertz CT molecular complexity index is 761. The van der Waals surface area contributed by atoms with E-state index >= 15 is 0 Å². The van der Waals surface area contributed by atoms with E-state index in [2.05, 4.69) is 18.2 Å². The van der Waals surface area contributed by atoms with Crippen LogP contribution in [0.3, 0.4) is 0 Å². The maximum absolute atomic E-state index is 12.7. The minimum absolute atomic E-state index is 0.105. The highest BCUT2D eigenvalue weighted by molar-refractivity contribution is 6.07. The fourth-order valence-corrected chi connectivity index (χ4v) is 3.22. The molecule has 0 fully saturated rings. The van der Waals surface area contributed by atoms with Crippen molar-refractivity contribution in [3.05, 3.63) is 65.2 Å². The molecule has 0 bridgehead atoms. The predicted octanol–water partition coefficient (Wildman–Crippen LogP) is 3.43. The van der Waals surface area contributed by atoms with Gasteiger partial charge < -0.3 is 4.90 Å². The second-order valence-corrected chi connectivity index (χ2v) is 6.03. The van der Waals surface area contributed by atoms with E-state index in [9.17, 15) is 4.79 Å². The van der Waals surface area contributed by atoms with Gasteiger partial charge in [-0.1, -0.05) is 30.3 Å². The summed E-state index contributed by atoms with van der Waals surface area (Å²) in [7, 11) is 1.81. The zero-order valence-corrected chi connectivity index (χ0v) is 12.8. The van der Waals surface area contributed by atoms with E-state index in [1.165, 1.54) is 5.56 Å². The zero-order chi connectivity index (χ0) is 15.7. The molecule has 0 unspecified atom stereocenters. The maximum atomic E-state index is 12.7. The molecule has 2 aromatic carbocycles. The number of aryl methyl sites for hydroxylation is 1. The summed E-state index contributed by atoms with van der Waals surface area (Å²) in [6.45, 7) is 1.99. The number of nitrogens with zero attached hydrogens (tertiary/aromatic N) is 2. The average molecular weight is 290 g/mol. The van der Waals surface area contributed by atoms with Gasteiger partial charge in [0.2, 0.25) is 5.91 Å². The highest BCUT2D eigenvalue weighted by atomic mass is 16.2. The summed E-state index contributed by atoms with van der Waals surface area (Å²) in [5.41, 5.74) is 3.15. The van der Waals surface area contributed by atoms with Crippen molar-refractivity contribution in [2.45, 2.75) is 25.2 Å². The Morgan fingerprint density at radius 2 is 1.91 bits per heavy atom. The molecule has 3 heteroatoms. The Morgan fingerprint density at radius 1 is 1.18 bits per heavy atom. The van der Waals surface area contributed by atoms with E-state index in [1.807, 2.05) is 37.3 Å². The summed E-state index contributed by atoms with van der Waals surface area (Å²) in [6, 6.07) is 17.9. The quantitative estimate of drug-likeness (QED) is 0.869. The summed E-state index contributed by atoms with van der Waals surface area (Å²) in [4.78, 5) is 14.5. The van der Waals surface area contributed by atoms with Gasteiger partial charge in [0.25, 0.3) is 0 Å². The van der Waals surface area contributed by atoms with Crippen molar-refractivity contribution in [1.29, 1.82) is 5.26 Å². The monoisotopic (exact) mass is 290 g/mol. The fraction of sp³-hybridized carbons (Fsp3) is 0.263. The van der Waals surface area contributed by atoms with Gasteiger partial charge in [-0.3, -0.25) is 4.79 Å². The normalized spacial score (nSPS) is 19.9. The fourth-order valence-electron chi connectivity index (χ4n) is 3.22. The lowest BCUT2D eigenvalue weighted by Gasteiger charge is -2.23. The van der Waals surface area contributed by atoms with Gasteiger partial charge in [-0.25, -0.2) is 0 Å². The van der Waals surface area contributed by atoms with Crippen LogP contribution in [-0.2, 0) is 16.6 Å². The Kier molecular flexibility index (Phi) is 3.46. The number of hydrogen-bond donors (Lipinski definition) is 0. The molecule has 0 spiro atoms. The number of rotatable bonds is 3. The first-order valence-electron chi connectivity index (χ1n) is 7.43. The molecule has 3 rings (SSSR count). The molecule has 0 saturated heterocycles. The van der Waals surface area contributed by atoms with E-state index in [1.54, 1.807) is 18.0 Å². The predicted molar refractivity (Wildman–Crippen MR) is 86.7 cm³/mol. The Balaban J connectivity index is 1.96. The van der Waals surface area contributed by atoms with E-state index in [0.29, 0.717) is 5.56 Å². The summed E-state index contributed by atoms with van der Waals surface area (Å²) in [5, 5.41) is 9.13. The number of anilines is 1. The van der Waals surface area contributed by atoms with Crippen LogP contribution in [0.5, 0.6) is 0 Å². The first kappa shape index (κ1) is 14.3. The highest BCUT2D eigenvalue weighted by Gasteiger charge is 2.45. The van der Waals surface area contributed by atoms with Gasteiger partial charge in [0.05, 0.1) is 17.0 Å². The summed E-state index contributed by atoms with van der Waals surface area (Å²) in [6.07, 6.45) is 1.58. The molecule has 1 aliphatic rings. The molecule has 3 nitrogen and oxygen atoms in total. The standard InChI is InChI=1S/C19H18N2O/c1-19(11-10-14-6-4-3-5-7-14)16-12-15(13-20)8-9-17(16)21(2)18(19)22/h3-9,12H,10-11H2,1-2H3/t19-/m0/s1. The SMILES string of the molecule is CN1C(=O)[C@@](C)(CCc2ccccc2)c2cc(C#N)ccc21. The van der Waals surface area contributed by atoms with E-state index < -0.39 is 5.41 Å². The lowest BCUT2D eigenvalue weighted by molar-refractivity contribution is -0.122. The molecule has 0 aromatic heterocycles. The number of likely N-dealkylation sites (N-methyl/N-ethyl adjacent to an activating group) is 1. The van der Waals surface area contributed by atoms with Crippen LogP contribution >= 0.6 is 0 Å². The van der Waals surface area contributed by atoms with Crippen molar-refractivity contribution >= 4 is 11.6 Å². The molecule has 0 saturated carbocycles. The van der Waals surface area contributed by atoms with Crippen LogP contribution in [0.1, 0.15) is 30.0 Å². The van der Waals surface area contributed by atoms with Crippen molar-refractivity contribution in [2.24, 2.45) is 0 Å². The average Bonchev–Trinajstić information content (AvgIpc) is 2.76. The van der Waals surface area contributed by atoms with Gasteiger partial charge in [0.1, 0.15) is 0 Å². The van der Waals surface area contributed by atoms with Gasteiger partial charge in [0.15, 0.2) is 0 Å². The second-order valence-electron chi connectivity index (χ2n) is 6.03. The van der Waals surface area contributed by atoms with Gasteiger partial charge in [-0.15, -0.1) is 0 Å². The van der Waals surface area contributed by atoms with Crippen LogP contribution in [0.4, 0.5) is 5.69 Å². The number of amides is 1. The molecule has 0 aliphatic carbocycles. The number of fused-ring (bicyclic) bond motifs is 1. The molecular formula is C19H18N2O. The Morgan fingerprint density at radius 3 is 2.59 bits per heavy atom. The largest absolute Gasteiger partial charge is 0.314 e. The van der Waals surface area contributed by atoms with Crippen molar-refractivity contribution in [2.75, 3.05) is 11.9 Å². The minimum atomic E-state index is -0.563. The number of benzene rings is 2. The van der Waals surface area contributed by atoms with Crippen LogP contribution in [0, 0.1) is 11.3 Å². The van der Waals surface area contributed by atoms with Crippen LogP contribution in [0.2, 0.25) is 0 Å². The van der Waals surface area contributed by atoms with Gasteiger partial charge in [0, 0.05) is 12.7 Å². The molecule has 2 aromatic rings. The maximum Gasteiger partial charge on any atom is 0.237 e. The van der Waals surface area contributed by atoms with E-state index in [0.717, 1.165) is 24.1 Å². The van der Waals surface area contributed by atoms with E-state index in [-0.39, 0.29) is 5.91 Å². The van der Waals surface area contributed by atoms with Crippen molar-refractivity contribution in [1.82, 2.24) is 0 Å². The zero-order valence-electron chi connectivity index (χ0n) is 12.8. The lowest BCUT2D eigenvalue weighted by atomic mass is 9.78. The molecule has 1 heterocycles. The van der Waals surface area contributed by atoms with Gasteiger partial charge in [-0.05, 0) is 49.1 Å². The molecular weight excluding hydrogens is 272 g/mol. The first-order chi connectivity index (χ1) is 10.6. The topological polar surface area (TPSA) is 44.1 Å². The third kappa shape index (κ3) is 2.17. The number of carbonyl (C=O) groups is 1.